The van der Waals surface area contributed by atoms with Crippen molar-refractivity contribution in [3.63, 3.8) is 0 Å². The molecule has 1 saturated carbocycles. The summed E-state index contributed by atoms with van der Waals surface area (Å²) < 4.78 is 0. The van der Waals surface area contributed by atoms with Crippen LogP contribution in [0.4, 0.5) is 0 Å². The van der Waals surface area contributed by atoms with E-state index < -0.39 is 0 Å². The van der Waals surface area contributed by atoms with Crippen molar-refractivity contribution in [1.82, 2.24) is 4.90 Å². The van der Waals surface area contributed by atoms with Crippen molar-refractivity contribution >= 4 is 11.6 Å². The fraction of sp³-hybridized carbons (Fsp3) is 0.520. The molecule has 2 aromatic carbocycles. The first-order valence-electron chi connectivity index (χ1n) is 10.6. The molecule has 0 spiro atoms. The fourth-order valence-electron chi connectivity index (χ4n) is 5.01. The summed E-state index contributed by atoms with van der Waals surface area (Å²) >= 11 is 6.12. The van der Waals surface area contributed by atoms with Crippen molar-refractivity contribution in [2.75, 3.05) is 20.6 Å². The third-order valence-corrected chi connectivity index (χ3v) is 6.69. The smallest absolute Gasteiger partial charge is 0.0543 e. The van der Waals surface area contributed by atoms with Crippen LogP contribution in [0.3, 0.4) is 0 Å². The Bertz CT molecular complexity index is 713. The van der Waals surface area contributed by atoms with E-state index in [1.54, 1.807) is 0 Å². The minimum atomic E-state index is -0.155. The highest BCUT2D eigenvalue weighted by atomic mass is 35.5. The molecule has 0 radical (unpaired) electrons. The van der Waals surface area contributed by atoms with Crippen LogP contribution in [0.25, 0.3) is 0 Å². The summed E-state index contributed by atoms with van der Waals surface area (Å²) in [5, 5.41) is 11.2. The summed E-state index contributed by atoms with van der Waals surface area (Å²) in [4.78, 5) is 2.29. The molecule has 0 saturated heterocycles. The molecule has 1 aliphatic rings. The molecule has 3 atom stereocenters. The molecule has 1 N–H and O–H groups in total. The molecule has 0 heterocycles. The molecule has 0 aliphatic heterocycles. The van der Waals surface area contributed by atoms with E-state index in [1.807, 2.05) is 12.1 Å². The SMILES string of the molecule is CN(C)CC1CC(O)CCC1(CCCc1ccccc1)Cc1ccc(Cl)cc1. The molecule has 3 rings (SSSR count). The maximum absolute atomic E-state index is 10.4. The lowest BCUT2D eigenvalue weighted by atomic mass is 9.60. The monoisotopic (exact) mass is 399 g/mol. The summed E-state index contributed by atoms with van der Waals surface area (Å²) in [6.45, 7) is 1.04. The van der Waals surface area contributed by atoms with Gasteiger partial charge in [-0.15, -0.1) is 0 Å². The molecule has 152 valence electrons. The van der Waals surface area contributed by atoms with Crippen LogP contribution < -0.4 is 0 Å². The van der Waals surface area contributed by atoms with Crippen LogP contribution in [0.5, 0.6) is 0 Å². The van der Waals surface area contributed by atoms with Crippen molar-refractivity contribution in [1.29, 1.82) is 0 Å². The minimum Gasteiger partial charge on any atom is -0.393 e. The predicted molar refractivity (Wildman–Crippen MR) is 119 cm³/mol. The van der Waals surface area contributed by atoms with Gasteiger partial charge in [0.2, 0.25) is 0 Å². The van der Waals surface area contributed by atoms with Gasteiger partial charge in [-0.2, -0.15) is 0 Å². The Morgan fingerprint density at radius 1 is 1.04 bits per heavy atom. The van der Waals surface area contributed by atoms with Gasteiger partial charge in [-0.3, -0.25) is 0 Å². The number of aliphatic hydroxyl groups excluding tert-OH is 1. The molecule has 0 amide bonds. The van der Waals surface area contributed by atoms with Crippen LogP contribution in [0.1, 0.15) is 43.2 Å². The standard InChI is InChI=1S/C25H34ClNO/c1-27(2)19-22-17-24(28)14-16-25(22,18-21-10-12-23(26)13-11-21)15-6-9-20-7-4-3-5-8-20/h3-5,7-8,10-13,22,24,28H,6,9,14-19H2,1-2H3. The zero-order valence-corrected chi connectivity index (χ0v) is 18.0. The average molecular weight is 400 g/mol. The number of benzene rings is 2. The Morgan fingerprint density at radius 2 is 1.75 bits per heavy atom. The van der Waals surface area contributed by atoms with Crippen molar-refractivity contribution in [2.24, 2.45) is 11.3 Å². The van der Waals surface area contributed by atoms with Crippen LogP contribution in [-0.4, -0.2) is 36.8 Å². The summed E-state index contributed by atoms with van der Waals surface area (Å²) in [5.41, 5.74) is 3.03. The highest BCUT2D eigenvalue weighted by Crippen LogP contribution is 2.48. The Labute approximate surface area is 175 Å². The van der Waals surface area contributed by atoms with Gasteiger partial charge >= 0.3 is 0 Å². The van der Waals surface area contributed by atoms with Crippen LogP contribution in [-0.2, 0) is 12.8 Å². The summed E-state index contributed by atoms with van der Waals surface area (Å²) in [7, 11) is 4.30. The number of rotatable bonds is 8. The average Bonchev–Trinajstić information content (AvgIpc) is 2.67. The van der Waals surface area contributed by atoms with Gasteiger partial charge in [0, 0.05) is 11.6 Å². The first-order chi connectivity index (χ1) is 13.5. The second kappa shape index (κ2) is 9.91. The fourth-order valence-corrected chi connectivity index (χ4v) is 5.14. The lowest BCUT2D eigenvalue weighted by Crippen LogP contribution is -2.44. The predicted octanol–water partition coefficient (Wildman–Crippen LogP) is 5.61. The van der Waals surface area contributed by atoms with E-state index in [0.29, 0.717) is 5.92 Å². The maximum Gasteiger partial charge on any atom is 0.0543 e. The van der Waals surface area contributed by atoms with E-state index in [2.05, 4.69) is 61.5 Å². The van der Waals surface area contributed by atoms with E-state index >= 15 is 0 Å². The first kappa shape index (κ1) is 21.4. The van der Waals surface area contributed by atoms with Crippen molar-refractivity contribution in [2.45, 2.75) is 51.0 Å². The quantitative estimate of drug-likeness (QED) is 0.623. The third kappa shape index (κ3) is 5.83. The van der Waals surface area contributed by atoms with Crippen molar-refractivity contribution < 1.29 is 5.11 Å². The van der Waals surface area contributed by atoms with Gasteiger partial charge in [0.25, 0.3) is 0 Å². The van der Waals surface area contributed by atoms with Crippen LogP contribution in [0.2, 0.25) is 5.02 Å². The Kier molecular flexibility index (Phi) is 7.56. The molecule has 0 aromatic heterocycles. The molecular formula is C25H34ClNO. The largest absolute Gasteiger partial charge is 0.393 e. The molecule has 2 nitrogen and oxygen atoms in total. The summed E-state index contributed by atoms with van der Waals surface area (Å²) in [5.74, 6) is 0.512. The number of halogens is 1. The molecule has 3 unspecified atom stereocenters. The molecular weight excluding hydrogens is 366 g/mol. The molecule has 1 aliphatic carbocycles. The highest BCUT2D eigenvalue weighted by Gasteiger charge is 2.42. The number of hydrogen-bond acceptors (Lipinski definition) is 2. The van der Waals surface area contributed by atoms with Gasteiger partial charge in [-0.05, 0) is 93.6 Å². The zero-order chi connectivity index (χ0) is 20.0. The van der Waals surface area contributed by atoms with Gasteiger partial charge in [-0.25, -0.2) is 0 Å². The Hall–Kier alpha value is -1.35. The summed E-state index contributed by atoms with van der Waals surface area (Å²) in [6.07, 6.45) is 7.37. The Morgan fingerprint density at radius 3 is 2.43 bits per heavy atom. The van der Waals surface area contributed by atoms with E-state index in [9.17, 15) is 5.11 Å². The third-order valence-electron chi connectivity index (χ3n) is 6.44. The maximum atomic E-state index is 10.4. The zero-order valence-electron chi connectivity index (χ0n) is 17.3. The topological polar surface area (TPSA) is 23.5 Å². The van der Waals surface area contributed by atoms with Gasteiger partial charge in [0.1, 0.15) is 0 Å². The van der Waals surface area contributed by atoms with Crippen molar-refractivity contribution in [3.8, 4) is 0 Å². The highest BCUT2D eigenvalue weighted by molar-refractivity contribution is 6.30. The van der Waals surface area contributed by atoms with Crippen LogP contribution in [0, 0.1) is 11.3 Å². The number of aliphatic hydroxyl groups is 1. The van der Waals surface area contributed by atoms with Crippen LogP contribution in [0.15, 0.2) is 54.6 Å². The number of nitrogens with zero attached hydrogens (tertiary/aromatic N) is 1. The summed E-state index contributed by atoms with van der Waals surface area (Å²) in [6, 6.07) is 19.2. The van der Waals surface area contributed by atoms with E-state index in [0.717, 1.165) is 43.7 Å². The first-order valence-corrected chi connectivity index (χ1v) is 11.0. The molecule has 28 heavy (non-hydrogen) atoms. The second-order valence-electron chi connectivity index (χ2n) is 8.89. The lowest BCUT2D eigenvalue weighted by molar-refractivity contribution is -0.00958. The molecule has 1 fully saturated rings. The van der Waals surface area contributed by atoms with E-state index in [1.165, 1.54) is 24.0 Å². The lowest BCUT2D eigenvalue weighted by Gasteiger charge is -2.47. The minimum absolute atomic E-state index is 0.155. The van der Waals surface area contributed by atoms with Gasteiger partial charge in [0.15, 0.2) is 0 Å². The van der Waals surface area contributed by atoms with Gasteiger partial charge < -0.3 is 10.0 Å². The van der Waals surface area contributed by atoms with Crippen LogP contribution >= 0.6 is 11.6 Å². The molecule has 0 bridgehead atoms. The normalized spacial score (nSPS) is 25.2. The molecule has 3 heteroatoms. The van der Waals surface area contributed by atoms with Gasteiger partial charge in [-0.1, -0.05) is 54.1 Å². The van der Waals surface area contributed by atoms with E-state index in [-0.39, 0.29) is 11.5 Å². The second-order valence-corrected chi connectivity index (χ2v) is 9.33. The number of aryl methyl sites for hydroxylation is 1. The van der Waals surface area contributed by atoms with E-state index in [4.69, 9.17) is 11.6 Å². The Balaban J connectivity index is 1.79. The number of hydrogen-bond donors (Lipinski definition) is 1. The van der Waals surface area contributed by atoms with Gasteiger partial charge in [0.05, 0.1) is 6.10 Å². The molecule has 2 aromatic rings. The van der Waals surface area contributed by atoms with Crippen molar-refractivity contribution in [3.05, 3.63) is 70.7 Å².